The van der Waals surface area contributed by atoms with Crippen molar-refractivity contribution in [2.75, 3.05) is 0 Å². The maximum absolute atomic E-state index is 6.81. The Labute approximate surface area is 71.6 Å². The largest absolute Gasteiger partial charge is 0.237 e. The number of benzene rings is 1. The Morgan fingerprint density at radius 1 is 1.36 bits per heavy atom. The molecule has 0 fully saturated rings. The molecule has 0 saturated heterocycles. The number of hydrogen-bond acceptors (Lipinski definition) is 1. The zero-order valence-corrected chi connectivity index (χ0v) is 6.75. The van der Waals surface area contributed by atoms with Gasteiger partial charge in [-0.1, -0.05) is 30.3 Å². The summed E-state index contributed by atoms with van der Waals surface area (Å²) in [6, 6.07) is 9.50. The van der Waals surface area contributed by atoms with Gasteiger partial charge in [0.2, 0.25) is 0 Å². The maximum atomic E-state index is 6.81. The summed E-state index contributed by atoms with van der Waals surface area (Å²) in [6.45, 7) is 6.81. The zero-order chi connectivity index (χ0) is 8.10. The molecule has 0 amide bonds. The van der Waals surface area contributed by atoms with Gasteiger partial charge in [0, 0.05) is 0 Å². The van der Waals surface area contributed by atoms with Crippen LogP contribution < -0.4 is 0 Å². The Morgan fingerprint density at radius 3 is 2.45 bits per heavy atom. The Bertz CT molecular complexity index is 295. The van der Waals surface area contributed by atoms with Gasteiger partial charge in [0.25, 0.3) is 0 Å². The van der Waals surface area contributed by atoms with Gasteiger partial charge in [-0.25, -0.2) is 4.85 Å². The Morgan fingerprint density at radius 2 is 2.00 bits per heavy atom. The fourth-order valence-electron chi connectivity index (χ4n) is 0.777. The van der Waals surface area contributed by atoms with Crippen LogP contribution in [-0.2, 0) is 0 Å². The van der Waals surface area contributed by atoms with Gasteiger partial charge in [-0.05, 0) is 11.0 Å². The molecule has 1 aromatic rings. The highest BCUT2D eigenvalue weighted by Crippen LogP contribution is 2.15. The van der Waals surface area contributed by atoms with E-state index in [-0.39, 0.29) is 0 Å². The van der Waals surface area contributed by atoms with E-state index in [1.165, 1.54) is 5.41 Å². The number of hydrogen-bond donors (Lipinski definition) is 1. The van der Waals surface area contributed by atoms with Crippen molar-refractivity contribution in [2.24, 2.45) is 0 Å². The van der Waals surface area contributed by atoms with E-state index >= 15 is 0 Å². The van der Waals surface area contributed by atoms with E-state index in [4.69, 9.17) is 6.57 Å². The molecule has 0 heterocycles. The van der Waals surface area contributed by atoms with Crippen LogP contribution in [0.25, 0.3) is 10.5 Å². The predicted molar refractivity (Wildman–Crippen MR) is 50.0 cm³/mol. The monoisotopic (exact) mass is 161 g/mol. The molecule has 0 unspecified atom stereocenters. The van der Waals surface area contributed by atoms with Crippen molar-refractivity contribution in [1.82, 2.24) is 0 Å². The minimum atomic E-state index is 0.578. The number of thiol groups is 1. The summed E-state index contributed by atoms with van der Waals surface area (Å²) in [5.74, 6) is 0. The van der Waals surface area contributed by atoms with Crippen molar-refractivity contribution in [1.29, 1.82) is 0 Å². The van der Waals surface area contributed by atoms with Crippen LogP contribution in [0, 0.1) is 6.57 Å². The second-order valence-corrected chi connectivity index (χ2v) is 2.25. The molecule has 0 bridgehead atoms. The molecule has 0 saturated carbocycles. The van der Waals surface area contributed by atoms with Crippen LogP contribution in [0.15, 0.2) is 35.7 Å². The minimum absolute atomic E-state index is 0.578. The van der Waals surface area contributed by atoms with E-state index in [1.54, 1.807) is 0 Å². The fourth-order valence-corrected chi connectivity index (χ4v) is 0.984. The first-order valence-electron chi connectivity index (χ1n) is 3.15. The lowest BCUT2D eigenvalue weighted by Gasteiger charge is -1.94. The quantitative estimate of drug-likeness (QED) is 0.477. The van der Waals surface area contributed by atoms with Crippen LogP contribution in [0.3, 0.4) is 0 Å². The van der Waals surface area contributed by atoms with Gasteiger partial charge in [-0.2, -0.15) is 12.6 Å². The minimum Gasteiger partial charge on any atom is -0.237 e. The molecule has 0 radical (unpaired) electrons. The third-order valence-electron chi connectivity index (χ3n) is 1.31. The summed E-state index contributed by atoms with van der Waals surface area (Å²) in [4.78, 5) is 3.31. The van der Waals surface area contributed by atoms with Gasteiger partial charge in [0.1, 0.15) is 0 Å². The van der Waals surface area contributed by atoms with Crippen molar-refractivity contribution in [3.05, 3.63) is 52.7 Å². The lowest BCUT2D eigenvalue weighted by Crippen LogP contribution is -1.74. The Hall–Kier alpha value is -1.20. The molecular formula is C9H7NS. The normalized spacial score (nSPS) is 10.7. The molecule has 0 spiro atoms. The van der Waals surface area contributed by atoms with Gasteiger partial charge in [-0.15, -0.1) is 0 Å². The molecule has 0 aliphatic heterocycles. The predicted octanol–water partition coefficient (Wildman–Crippen LogP) is 2.83. The standard InChI is InChI=1S/C9H7NS/c1-10-9(7-11)8-5-3-2-4-6-8/h2-7,11H/b9-7-. The van der Waals surface area contributed by atoms with Gasteiger partial charge in [0.05, 0.1) is 6.57 Å². The lowest BCUT2D eigenvalue weighted by molar-refractivity contribution is 1.63. The van der Waals surface area contributed by atoms with E-state index in [2.05, 4.69) is 17.5 Å². The molecule has 0 N–H and O–H groups in total. The van der Waals surface area contributed by atoms with Crippen LogP contribution in [0.4, 0.5) is 0 Å². The van der Waals surface area contributed by atoms with Crippen molar-refractivity contribution in [3.63, 3.8) is 0 Å². The van der Waals surface area contributed by atoms with Gasteiger partial charge in [0.15, 0.2) is 5.70 Å². The molecule has 1 aromatic carbocycles. The van der Waals surface area contributed by atoms with Crippen LogP contribution in [0.2, 0.25) is 0 Å². The van der Waals surface area contributed by atoms with E-state index < -0.39 is 0 Å². The van der Waals surface area contributed by atoms with Gasteiger partial charge < -0.3 is 0 Å². The Kier molecular flexibility index (Phi) is 2.76. The molecule has 0 aliphatic rings. The molecule has 0 atom stereocenters. The first kappa shape index (κ1) is 7.90. The van der Waals surface area contributed by atoms with Gasteiger partial charge >= 0.3 is 0 Å². The number of nitrogens with zero attached hydrogens (tertiary/aromatic N) is 1. The van der Waals surface area contributed by atoms with E-state index in [0.717, 1.165) is 5.56 Å². The molecule has 54 valence electrons. The average Bonchev–Trinajstić information content (AvgIpc) is 2.09. The highest BCUT2D eigenvalue weighted by atomic mass is 32.1. The van der Waals surface area contributed by atoms with Crippen LogP contribution in [0.5, 0.6) is 0 Å². The summed E-state index contributed by atoms with van der Waals surface area (Å²) in [5.41, 5.74) is 1.49. The van der Waals surface area contributed by atoms with E-state index in [9.17, 15) is 0 Å². The first-order valence-corrected chi connectivity index (χ1v) is 3.67. The summed E-state index contributed by atoms with van der Waals surface area (Å²) < 4.78 is 0. The van der Waals surface area contributed by atoms with E-state index in [0.29, 0.717) is 5.70 Å². The summed E-state index contributed by atoms with van der Waals surface area (Å²) in [7, 11) is 0. The van der Waals surface area contributed by atoms with Crippen molar-refractivity contribution < 1.29 is 0 Å². The third kappa shape index (κ3) is 1.86. The molecular weight excluding hydrogens is 154 g/mol. The Balaban J connectivity index is 3.05. The highest BCUT2D eigenvalue weighted by Gasteiger charge is 1.95. The van der Waals surface area contributed by atoms with Crippen LogP contribution >= 0.6 is 12.6 Å². The third-order valence-corrected chi connectivity index (χ3v) is 1.56. The summed E-state index contributed by atoms with van der Waals surface area (Å²) in [6.07, 6.45) is 0. The van der Waals surface area contributed by atoms with Crippen molar-refractivity contribution >= 4 is 18.3 Å². The summed E-state index contributed by atoms with van der Waals surface area (Å²) in [5, 5.41) is 1.52. The smallest absolute Gasteiger partial charge is 0.200 e. The van der Waals surface area contributed by atoms with Crippen molar-refractivity contribution in [2.45, 2.75) is 0 Å². The topological polar surface area (TPSA) is 4.36 Å². The average molecular weight is 161 g/mol. The highest BCUT2D eigenvalue weighted by molar-refractivity contribution is 7.83. The van der Waals surface area contributed by atoms with Gasteiger partial charge in [-0.3, -0.25) is 0 Å². The molecule has 1 nitrogen and oxygen atoms in total. The SMILES string of the molecule is [C-]#[N+]/C(=C\S)c1ccccc1. The van der Waals surface area contributed by atoms with Crippen LogP contribution in [0.1, 0.15) is 5.56 Å². The lowest BCUT2D eigenvalue weighted by atomic mass is 10.2. The second-order valence-electron chi connectivity index (χ2n) is 1.99. The maximum Gasteiger partial charge on any atom is 0.200 e. The summed E-state index contributed by atoms with van der Waals surface area (Å²) >= 11 is 3.93. The molecule has 1 rings (SSSR count). The molecule has 11 heavy (non-hydrogen) atoms. The van der Waals surface area contributed by atoms with E-state index in [1.807, 2.05) is 30.3 Å². The first-order chi connectivity index (χ1) is 5.38. The molecule has 2 heteroatoms. The fraction of sp³-hybridized carbons (Fsp3) is 0. The van der Waals surface area contributed by atoms with Crippen LogP contribution in [-0.4, -0.2) is 0 Å². The molecule has 0 aromatic heterocycles. The zero-order valence-electron chi connectivity index (χ0n) is 5.86. The second kappa shape index (κ2) is 3.85. The number of rotatable bonds is 1. The van der Waals surface area contributed by atoms with Crippen molar-refractivity contribution in [3.8, 4) is 0 Å². The molecule has 0 aliphatic carbocycles.